The third-order valence-corrected chi connectivity index (χ3v) is 21.7. The summed E-state index contributed by atoms with van der Waals surface area (Å²) >= 11 is 0. The fourth-order valence-electron chi connectivity index (χ4n) is 16.8. The van der Waals surface area contributed by atoms with Gasteiger partial charge in [0.2, 0.25) is 0 Å². The molecule has 2 aliphatic carbocycles. The van der Waals surface area contributed by atoms with Crippen LogP contribution in [0.3, 0.4) is 0 Å². The van der Waals surface area contributed by atoms with Crippen LogP contribution in [0.5, 0.6) is 0 Å². The van der Waals surface area contributed by atoms with E-state index in [0.717, 1.165) is 66.9 Å². The normalized spacial score (nSPS) is 13.4. The predicted molar refractivity (Wildman–Crippen MR) is 411 cm³/mol. The van der Waals surface area contributed by atoms with Crippen molar-refractivity contribution in [3.8, 4) is 107 Å². The van der Waals surface area contributed by atoms with Crippen LogP contribution in [0, 0.1) is 0 Å². The third-order valence-electron chi connectivity index (χ3n) is 21.7. The summed E-state index contributed by atoms with van der Waals surface area (Å²) < 4.78 is 7.36. The van der Waals surface area contributed by atoms with E-state index in [4.69, 9.17) is 15.0 Å². The number of nitrogens with zero attached hydrogens (tertiary/aromatic N) is 6. The fraction of sp³-hybridized carbons (Fsp3) is 0.0645. The van der Waals surface area contributed by atoms with Crippen molar-refractivity contribution in [2.45, 2.75) is 38.5 Å². The molecule has 0 N–H and O–H groups in total. The van der Waals surface area contributed by atoms with Gasteiger partial charge in [-0.2, -0.15) is 0 Å². The molecule has 0 fully saturated rings. The molecule has 0 aliphatic heterocycles. The Morgan fingerprint density at radius 2 is 0.515 bits per heavy atom. The van der Waals surface area contributed by atoms with Crippen LogP contribution in [0.15, 0.2) is 315 Å². The van der Waals surface area contributed by atoms with E-state index in [0.29, 0.717) is 17.5 Å². The van der Waals surface area contributed by atoms with Gasteiger partial charge in [0.05, 0.1) is 33.1 Å². The molecule has 2 aliphatic rings. The molecular weight excluding hydrogens is 1200 g/mol. The van der Waals surface area contributed by atoms with E-state index in [2.05, 4.69) is 333 Å². The molecule has 0 bridgehead atoms. The van der Waals surface area contributed by atoms with E-state index in [1.807, 2.05) is 24.3 Å². The Hall–Kier alpha value is -12.5. The molecule has 0 unspecified atom stereocenters. The molecule has 0 atom stereocenters. The first-order valence-electron chi connectivity index (χ1n) is 34.3. The van der Waals surface area contributed by atoms with Gasteiger partial charge in [-0.15, -0.1) is 0 Å². The summed E-state index contributed by atoms with van der Waals surface area (Å²) in [6, 6.07) is 116. The van der Waals surface area contributed by atoms with Crippen molar-refractivity contribution < 1.29 is 0 Å². The molecule has 0 amide bonds. The minimum Gasteiger partial charge on any atom is -0.309 e. The standard InChI is InChI=1S/C93H64N6/c1-92(2)79-30-15-11-26-69(79)71-44-42-67(55-81(71)92)98-84-33-18-14-29-74(84)76-52-62(39-47-86(76)98)64-41-49-88-78(54-64)77-53-63(40-48-87(77)99(88)68-43-45-72-70-27-12-16-31-80(70)93(3,4)82(72)56-68)61-38-46-85-75(51-61)73-28-13-17-32-83(73)97(85)66-25-19-24-65(50-66)91-95-89(59-22-9-6-10-23-59)94-90(96-91)60-36-34-58(35-37-60)57-20-7-5-8-21-57/h5-56H,1-4H3. The summed E-state index contributed by atoms with van der Waals surface area (Å²) in [6.07, 6.45) is 0. The zero-order valence-corrected chi connectivity index (χ0v) is 55.2. The van der Waals surface area contributed by atoms with Crippen LogP contribution in [-0.2, 0) is 10.8 Å². The van der Waals surface area contributed by atoms with E-state index in [1.54, 1.807) is 0 Å². The second-order valence-corrected chi connectivity index (χ2v) is 27.9. The molecule has 99 heavy (non-hydrogen) atoms. The second kappa shape index (κ2) is 21.5. The van der Waals surface area contributed by atoms with Crippen molar-refractivity contribution in [3.63, 3.8) is 0 Å². The smallest absolute Gasteiger partial charge is 0.164 e. The van der Waals surface area contributed by atoms with Crippen molar-refractivity contribution in [1.82, 2.24) is 28.7 Å². The highest BCUT2D eigenvalue weighted by Gasteiger charge is 2.37. The maximum absolute atomic E-state index is 5.21. The average molecular weight is 1270 g/mol. The highest BCUT2D eigenvalue weighted by atomic mass is 15.0. The lowest BCUT2D eigenvalue weighted by atomic mass is 9.82. The number of benzene rings is 14. The Morgan fingerprint density at radius 1 is 0.202 bits per heavy atom. The maximum Gasteiger partial charge on any atom is 0.164 e. The van der Waals surface area contributed by atoms with E-state index < -0.39 is 0 Å². The largest absolute Gasteiger partial charge is 0.309 e. The SMILES string of the molecule is CC1(C)c2ccccc2-c2ccc(-n3c4ccccc4c4cc(-c5ccc6c(c5)c5cc(-c7ccc8c(c7)c7ccccc7n8-c7cccc(-c8nc(-c9ccccc9)nc(-c9ccc(-c%10ccccc%10)cc9)n8)c7)ccc5n6-c5ccc6c(c5)C(C)(C)c5ccccc5-6)ccc43)cc21. The van der Waals surface area contributed by atoms with E-state index in [-0.39, 0.29) is 10.8 Å². The molecule has 4 heterocycles. The molecule has 14 aromatic carbocycles. The quantitative estimate of drug-likeness (QED) is 0.145. The predicted octanol–water partition coefficient (Wildman–Crippen LogP) is 23.8. The topological polar surface area (TPSA) is 53.5 Å². The van der Waals surface area contributed by atoms with Crippen LogP contribution in [-0.4, -0.2) is 28.7 Å². The molecule has 20 rings (SSSR count). The lowest BCUT2D eigenvalue weighted by molar-refractivity contribution is 0.660. The Morgan fingerprint density at radius 3 is 0.980 bits per heavy atom. The van der Waals surface area contributed by atoms with Crippen LogP contribution in [0.25, 0.3) is 172 Å². The zero-order valence-electron chi connectivity index (χ0n) is 55.2. The highest BCUT2D eigenvalue weighted by molar-refractivity contribution is 6.15. The third kappa shape index (κ3) is 8.72. The molecule has 6 heteroatoms. The highest BCUT2D eigenvalue weighted by Crippen LogP contribution is 2.52. The van der Waals surface area contributed by atoms with Crippen LogP contribution >= 0.6 is 0 Å². The summed E-state index contributed by atoms with van der Waals surface area (Å²) in [5.41, 5.74) is 30.5. The van der Waals surface area contributed by atoms with Gasteiger partial charge in [-0.05, 0) is 175 Å². The number of para-hydroxylation sites is 2. The molecule has 0 radical (unpaired) electrons. The molecule has 18 aromatic rings. The van der Waals surface area contributed by atoms with Crippen molar-refractivity contribution in [1.29, 1.82) is 0 Å². The molecule has 466 valence electrons. The van der Waals surface area contributed by atoms with E-state index >= 15 is 0 Å². The first kappa shape index (κ1) is 56.8. The maximum atomic E-state index is 5.21. The van der Waals surface area contributed by atoms with Crippen LogP contribution in [0.4, 0.5) is 0 Å². The Labute approximate surface area is 573 Å². The lowest BCUT2D eigenvalue weighted by Crippen LogP contribution is -2.15. The summed E-state index contributed by atoms with van der Waals surface area (Å²) in [4.78, 5) is 15.5. The Balaban J connectivity index is 0.712. The lowest BCUT2D eigenvalue weighted by Gasteiger charge is -2.22. The Kier molecular flexibility index (Phi) is 12.3. The summed E-state index contributed by atoms with van der Waals surface area (Å²) in [5, 5.41) is 7.23. The molecular formula is C93H64N6. The summed E-state index contributed by atoms with van der Waals surface area (Å²) in [6.45, 7) is 9.48. The number of hydrogen-bond acceptors (Lipinski definition) is 3. The summed E-state index contributed by atoms with van der Waals surface area (Å²) in [5.74, 6) is 1.85. The van der Waals surface area contributed by atoms with Crippen molar-refractivity contribution >= 4 is 65.4 Å². The molecule has 0 spiro atoms. The number of hydrogen-bond donors (Lipinski definition) is 0. The van der Waals surface area contributed by atoms with E-state index in [1.165, 1.54) is 110 Å². The fourth-order valence-corrected chi connectivity index (χ4v) is 16.8. The van der Waals surface area contributed by atoms with Gasteiger partial charge in [0.15, 0.2) is 17.5 Å². The van der Waals surface area contributed by atoms with Crippen molar-refractivity contribution in [2.24, 2.45) is 0 Å². The minimum atomic E-state index is -0.155. The van der Waals surface area contributed by atoms with Crippen LogP contribution < -0.4 is 0 Å². The minimum absolute atomic E-state index is 0.109. The molecule has 6 nitrogen and oxygen atoms in total. The zero-order chi connectivity index (χ0) is 65.8. The van der Waals surface area contributed by atoms with Crippen LogP contribution in [0.2, 0.25) is 0 Å². The number of aromatic nitrogens is 6. The van der Waals surface area contributed by atoms with Gasteiger partial charge in [0, 0.05) is 76.9 Å². The molecule has 4 aromatic heterocycles. The Bertz CT molecular complexity index is 6400. The first-order valence-corrected chi connectivity index (χ1v) is 34.3. The number of fused-ring (bicyclic) bond motifs is 15. The van der Waals surface area contributed by atoms with Gasteiger partial charge in [-0.25, -0.2) is 15.0 Å². The van der Waals surface area contributed by atoms with Gasteiger partial charge in [0.1, 0.15) is 0 Å². The van der Waals surface area contributed by atoms with Crippen molar-refractivity contribution in [3.05, 3.63) is 338 Å². The van der Waals surface area contributed by atoms with E-state index in [9.17, 15) is 0 Å². The van der Waals surface area contributed by atoms with Gasteiger partial charge in [-0.1, -0.05) is 246 Å². The average Bonchev–Trinajstić information content (AvgIpc) is 1.58. The number of rotatable bonds is 9. The first-order chi connectivity index (χ1) is 48.6. The van der Waals surface area contributed by atoms with Gasteiger partial charge in [-0.3, -0.25) is 0 Å². The summed E-state index contributed by atoms with van der Waals surface area (Å²) in [7, 11) is 0. The second-order valence-electron chi connectivity index (χ2n) is 27.9. The van der Waals surface area contributed by atoms with Crippen LogP contribution in [0.1, 0.15) is 49.9 Å². The van der Waals surface area contributed by atoms with Gasteiger partial charge < -0.3 is 13.7 Å². The van der Waals surface area contributed by atoms with Gasteiger partial charge in [0.25, 0.3) is 0 Å². The molecule has 0 saturated carbocycles. The molecule has 0 saturated heterocycles. The monoisotopic (exact) mass is 1260 g/mol. The van der Waals surface area contributed by atoms with Gasteiger partial charge >= 0.3 is 0 Å². The van der Waals surface area contributed by atoms with Crippen molar-refractivity contribution in [2.75, 3.05) is 0 Å².